The van der Waals surface area contributed by atoms with Crippen LogP contribution in [0.3, 0.4) is 0 Å². The molecule has 0 aromatic rings. The molecule has 60 valence electrons. The van der Waals surface area contributed by atoms with Crippen LogP contribution in [-0.2, 0) is 9.59 Å². The van der Waals surface area contributed by atoms with Crippen molar-refractivity contribution in [2.24, 2.45) is 0 Å². The quantitative estimate of drug-likeness (QED) is 0.504. The molecule has 1 saturated heterocycles. The summed E-state index contributed by atoms with van der Waals surface area (Å²) in [5, 5.41) is 3.16. The van der Waals surface area contributed by atoms with Gasteiger partial charge < -0.3 is 0 Å². The van der Waals surface area contributed by atoms with E-state index in [9.17, 15) is 14.4 Å². The van der Waals surface area contributed by atoms with Crippen molar-refractivity contribution in [1.29, 1.82) is 0 Å². The average molecular weight is 174 g/mol. The molecule has 1 aliphatic heterocycles. The number of carbonyl (C=O) groups excluding carboxylic acids is 3. The molecule has 2 N–H and O–H groups in total. The third-order valence-corrected chi connectivity index (χ3v) is 2.08. The van der Waals surface area contributed by atoms with Gasteiger partial charge >= 0.3 is 6.03 Å². The highest BCUT2D eigenvalue weighted by atomic mass is 32.2. The Labute approximate surface area is 66.9 Å². The minimum absolute atomic E-state index is 0.550. The first-order valence-electron chi connectivity index (χ1n) is 2.83. The summed E-state index contributed by atoms with van der Waals surface area (Å²) < 4.78 is 0. The van der Waals surface area contributed by atoms with Gasteiger partial charge in [0.25, 0.3) is 11.8 Å². The van der Waals surface area contributed by atoms with Crippen LogP contribution in [0.25, 0.3) is 0 Å². The molecule has 0 aromatic carbocycles. The van der Waals surface area contributed by atoms with E-state index in [0.717, 1.165) is 11.8 Å². The van der Waals surface area contributed by atoms with E-state index in [1.807, 2.05) is 10.6 Å². The van der Waals surface area contributed by atoms with E-state index >= 15 is 0 Å². The lowest BCUT2D eigenvalue weighted by molar-refractivity contribution is -0.128. The van der Waals surface area contributed by atoms with E-state index < -0.39 is 23.1 Å². The SMILES string of the molecule is CSC1C(=O)NC(=O)NC1=O. The van der Waals surface area contributed by atoms with Crippen LogP contribution in [0.15, 0.2) is 0 Å². The number of imide groups is 2. The van der Waals surface area contributed by atoms with E-state index in [0.29, 0.717) is 0 Å². The number of nitrogens with one attached hydrogen (secondary N) is 2. The predicted molar refractivity (Wildman–Crippen MR) is 39.0 cm³/mol. The number of amides is 4. The molecule has 0 radical (unpaired) electrons. The number of rotatable bonds is 1. The third-order valence-electron chi connectivity index (χ3n) is 1.19. The Bertz CT molecular complexity index is 208. The summed E-state index contributed by atoms with van der Waals surface area (Å²) in [6.45, 7) is 0. The van der Waals surface area contributed by atoms with Crippen LogP contribution in [0.2, 0.25) is 0 Å². The maximum atomic E-state index is 10.8. The number of urea groups is 1. The maximum Gasteiger partial charge on any atom is 0.328 e. The summed E-state index contributed by atoms with van der Waals surface area (Å²) in [4.78, 5) is 32.1. The molecular formula is C5H6N2O3S. The summed E-state index contributed by atoms with van der Waals surface area (Å²) in [5.74, 6) is -1.10. The molecular weight excluding hydrogens is 168 g/mol. The van der Waals surface area contributed by atoms with Gasteiger partial charge in [-0.1, -0.05) is 0 Å². The van der Waals surface area contributed by atoms with Crippen molar-refractivity contribution in [3.63, 3.8) is 0 Å². The molecule has 5 nitrogen and oxygen atoms in total. The normalized spacial score (nSPS) is 19.5. The first-order valence-corrected chi connectivity index (χ1v) is 4.12. The van der Waals surface area contributed by atoms with Gasteiger partial charge in [-0.3, -0.25) is 20.2 Å². The highest BCUT2D eigenvalue weighted by Gasteiger charge is 2.32. The van der Waals surface area contributed by atoms with Crippen molar-refractivity contribution < 1.29 is 14.4 Å². The lowest BCUT2D eigenvalue weighted by Crippen LogP contribution is -2.57. The number of hydrogen-bond acceptors (Lipinski definition) is 4. The van der Waals surface area contributed by atoms with Crippen molar-refractivity contribution in [3.05, 3.63) is 0 Å². The van der Waals surface area contributed by atoms with Gasteiger partial charge in [-0.05, 0) is 6.26 Å². The second-order valence-corrected chi connectivity index (χ2v) is 2.87. The largest absolute Gasteiger partial charge is 0.328 e. The summed E-state index contributed by atoms with van der Waals surface area (Å²) in [6.07, 6.45) is 1.62. The molecule has 6 heteroatoms. The zero-order chi connectivity index (χ0) is 8.43. The molecule has 0 spiro atoms. The van der Waals surface area contributed by atoms with Gasteiger partial charge in [0, 0.05) is 0 Å². The van der Waals surface area contributed by atoms with Crippen LogP contribution in [0.5, 0.6) is 0 Å². The lowest BCUT2D eigenvalue weighted by Gasteiger charge is -2.18. The van der Waals surface area contributed by atoms with Gasteiger partial charge in [0.1, 0.15) is 0 Å². The molecule has 1 fully saturated rings. The Hall–Kier alpha value is -1.04. The monoisotopic (exact) mass is 174 g/mol. The van der Waals surface area contributed by atoms with Gasteiger partial charge in [-0.2, -0.15) is 0 Å². The molecule has 0 unspecified atom stereocenters. The van der Waals surface area contributed by atoms with E-state index in [1.54, 1.807) is 6.26 Å². The van der Waals surface area contributed by atoms with Gasteiger partial charge in [0.2, 0.25) is 0 Å². The standard InChI is InChI=1S/C5H6N2O3S/c1-11-2-3(8)6-5(10)7-4(2)9/h2H,1H3,(H2,6,7,8,9,10). The van der Waals surface area contributed by atoms with Crippen molar-refractivity contribution in [1.82, 2.24) is 10.6 Å². The molecule has 1 heterocycles. The summed E-state index contributed by atoms with van der Waals surface area (Å²) >= 11 is 1.09. The third kappa shape index (κ3) is 1.51. The fraction of sp³-hybridized carbons (Fsp3) is 0.400. The molecule has 1 aliphatic rings. The molecule has 1 rings (SSSR count). The second kappa shape index (κ2) is 2.91. The second-order valence-electron chi connectivity index (χ2n) is 1.92. The molecule has 0 aliphatic carbocycles. The van der Waals surface area contributed by atoms with E-state index in [2.05, 4.69) is 0 Å². The van der Waals surface area contributed by atoms with Gasteiger partial charge in [-0.15, -0.1) is 11.8 Å². The summed E-state index contributed by atoms with van der Waals surface area (Å²) in [5.41, 5.74) is 0. The summed E-state index contributed by atoms with van der Waals surface area (Å²) in [7, 11) is 0. The van der Waals surface area contributed by atoms with Crippen molar-refractivity contribution >= 4 is 29.6 Å². The van der Waals surface area contributed by atoms with Gasteiger partial charge in [0.15, 0.2) is 5.25 Å². The van der Waals surface area contributed by atoms with Gasteiger partial charge in [-0.25, -0.2) is 4.79 Å². The van der Waals surface area contributed by atoms with E-state index in [4.69, 9.17) is 0 Å². The fourth-order valence-electron chi connectivity index (χ4n) is 0.719. The molecule has 0 bridgehead atoms. The van der Waals surface area contributed by atoms with E-state index in [1.165, 1.54) is 0 Å². The van der Waals surface area contributed by atoms with Crippen molar-refractivity contribution in [2.45, 2.75) is 5.25 Å². The Balaban J connectivity index is 2.74. The van der Waals surface area contributed by atoms with Crippen LogP contribution >= 0.6 is 11.8 Å². The zero-order valence-corrected chi connectivity index (χ0v) is 6.53. The van der Waals surface area contributed by atoms with E-state index in [-0.39, 0.29) is 0 Å². The molecule has 4 amide bonds. The highest BCUT2D eigenvalue weighted by Crippen LogP contribution is 2.08. The van der Waals surface area contributed by atoms with Crippen LogP contribution in [0.4, 0.5) is 4.79 Å². The van der Waals surface area contributed by atoms with Crippen LogP contribution in [0, 0.1) is 0 Å². The Morgan fingerprint density at radius 3 is 2.00 bits per heavy atom. The number of carbonyl (C=O) groups is 3. The smallest absolute Gasteiger partial charge is 0.276 e. The topological polar surface area (TPSA) is 75.3 Å². The number of thioether (sulfide) groups is 1. The maximum absolute atomic E-state index is 10.8. The Kier molecular flexibility index (Phi) is 2.13. The Morgan fingerprint density at radius 2 is 1.64 bits per heavy atom. The minimum atomic E-state index is -0.798. The average Bonchev–Trinajstić information content (AvgIpc) is 1.85. The van der Waals surface area contributed by atoms with Crippen LogP contribution in [-0.4, -0.2) is 29.4 Å². The number of barbiturate groups is 1. The fourth-order valence-corrected chi connectivity index (χ4v) is 1.27. The Morgan fingerprint density at radius 1 is 1.18 bits per heavy atom. The first-order chi connectivity index (χ1) is 5.15. The van der Waals surface area contributed by atoms with Gasteiger partial charge in [0.05, 0.1) is 0 Å². The molecule has 0 saturated carbocycles. The molecule has 0 aromatic heterocycles. The highest BCUT2D eigenvalue weighted by molar-refractivity contribution is 8.00. The predicted octanol–water partition coefficient (Wildman–Crippen LogP) is -0.916. The number of hydrogen-bond donors (Lipinski definition) is 2. The van der Waals surface area contributed by atoms with Crippen LogP contribution in [0.1, 0.15) is 0 Å². The zero-order valence-electron chi connectivity index (χ0n) is 5.71. The minimum Gasteiger partial charge on any atom is -0.276 e. The molecule has 0 atom stereocenters. The van der Waals surface area contributed by atoms with Crippen molar-refractivity contribution in [2.75, 3.05) is 6.26 Å². The lowest BCUT2D eigenvalue weighted by atomic mass is 10.3. The van der Waals surface area contributed by atoms with Crippen LogP contribution < -0.4 is 10.6 Å². The first kappa shape index (κ1) is 8.06. The van der Waals surface area contributed by atoms with Crippen molar-refractivity contribution in [3.8, 4) is 0 Å². The summed E-state index contributed by atoms with van der Waals surface area (Å²) in [6, 6.07) is -0.745. The molecule has 11 heavy (non-hydrogen) atoms.